The molecule has 0 spiro atoms. The molecule has 1 aromatic rings. The van der Waals surface area contributed by atoms with Gasteiger partial charge in [0.25, 0.3) is 0 Å². The minimum atomic E-state index is 0.450. The first-order valence-corrected chi connectivity index (χ1v) is 7.28. The average Bonchev–Trinajstić information content (AvgIpc) is 2.45. The molecule has 100 valence electrons. The molecule has 0 aromatic heterocycles. The molecule has 0 radical (unpaired) electrons. The number of rotatable bonds is 6. The monoisotopic (exact) mass is 247 g/mol. The molecule has 0 bridgehead atoms. The van der Waals surface area contributed by atoms with Crippen LogP contribution in [-0.2, 0) is 17.8 Å². The molecular formula is C16H25NO. The lowest BCUT2D eigenvalue weighted by molar-refractivity contribution is 0.0212. The summed E-state index contributed by atoms with van der Waals surface area (Å²) in [6, 6.07) is 8.92. The Kier molecular flexibility index (Phi) is 5.69. The van der Waals surface area contributed by atoms with Crippen molar-refractivity contribution in [3.8, 4) is 0 Å². The summed E-state index contributed by atoms with van der Waals surface area (Å²) in [5, 5.41) is 3.36. The number of hydrogen-bond acceptors (Lipinski definition) is 2. The highest BCUT2D eigenvalue weighted by Crippen LogP contribution is 2.13. The predicted molar refractivity (Wildman–Crippen MR) is 75.7 cm³/mol. The zero-order valence-corrected chi connectivity index (χ0v) is 11.5. The minimum absolute atomic E-state index is 0.450. The van der Waals surface area contributed by atoms with Crippen LogP contribution in [0.15, 0.2) is 24.3 Å². The predicted octanol–water partition coefficient (Wildman–Crippen LogP) is 3.30. The van der Waals surface area contributed by atoms with Gasteiger partial charge in [0.1, 0.15) is 0 Å². The van der Waals surface area contributed by atoms with E-state index in [1.807, 2.05) is 0 Å². The van der Waals surface area contributed by atoms with E-state index in [2.05, 4.69) is 36.5 Å². The summed E-state index contributed by atoms with van der Waals surface area (Å²) >= 11 is 0. The first-order valence-electron chi connectivity index (χ1n) is 7.28. The molecule has 2 rings (SSSR count). The van der Waals surface area contributed by atoms with Crippen LogP contribution < -0.4 is 5.32 Å². The van der Waals surface area contributed by atoms with Gasteiger partial charge in [-0.2, -0.15) is 0 Å². The molecule has 18 heavy (non-hydrogen) atoms. The van der Waals surface area contributed by atoms with E-state index in [-0.39, 0.29) is 0 Å². The van der Waals surface area contributed by atoms with Gasteiger partial charge in [-0.1, -0.05) is 37.6 Å². The van der Waals surface area contributed by atoms with E-state index < -0.39 is 0 Å². The molecule has 0 unspecified atom stereocenters. The van der Waals surface area contributed by atoms with E-state index in [4.69, 9.17) is 4.74 Å². The molecule has 1 N–H and O–H groups in total. The van der Waals surface area contributed by atoms with Crippen molar-refractivity contribution >= 4 is 0 Å². The normalized spacial score (nSPS) is 16.9. The van der Waals surface area contributed by atoms with Gasteiger partial charge in [0, 0.05) is 0 Å². The summed E-state index contributed by atoms with van der Waals surface area (Å²) in [5.41, 5.74) is 2.75. The highest BCUT2D eigenvalue weighted by atomic mass is 16.5. The number of benzene rings is 1. The molecule has 2 nitrogen and oxygen atoms in total. The van der Waals surface area contributed by atoms with Crippen molar-refractivity contribution in [1.82, 2.24) is 5.32 Å². The van der Waals surface area contributed by atoms with Crippen molar-refractivity contribution in [2.45, 2.75) is 51.7 Å². The first-order chi connectivity index (χ1) is 8.88. The largest absolute Gasteiger partial charge is 0.373 e. The van der Waals surface area contributed by atoms with Crippen LogP contribution in [0.1, 0.15) is 43.7 Å². The Balaban J connectivity index is 1.75. The first kappa shape index (κ1) is 13.6. The molecule has 1 fully saturated rings. The number of hydrogen-bond donors (Lipinski definition) is 1. The number of nitrogens with one attached hydrogen (secondary N) is 1. The van der Waals surface area contributed by atoms with E-state index >= 15 is 0 Å². The van der Waals surface area contributed by atoms with Gasteiger partial charge in [-0.15, -0.1) is 0 Å². The molecule has 2 heteroatoms. The molecule has 0 saturated carbocycles. The maximum absolute atomic E-state index is 5.95. The van der Waals surface area contributed by atoms with Gasteiger partial charge in [0.15, 0.2) is 0 Å². The molecule has 1 aromatic carbocycles. The standard InChI is InChI=1S/C16H25NO/c1-2-3-4-14-5-7-15(8-6-14)13-18-16-9-11-17-12-10-16/h5-8,16-17H,2-4,9-13H2,1H3. The van der Waals surface area contributed by atoms with Crippen LogP contribution in [-0.4, -0.2) is 19.2 Å². The van der Waals surface area contributed by atoms with Crippen LogP contribution in [0.5, 0.6) is 0 Å². The van der Waals surface area contributed by atoms with Crippen LogP contribution in [0.4, 0.5) is 0 Å². The van der Waals surface area contributed by atoms with Crippen molar-refractivity contribution in [3.05, 3.63) is 35.4 Å². The summed E-state index contributed by atoms with van der Waals surface area (Å²) < 4.78 is 5.95. The lowest BCUT2D eigenvalue weighted by atomic mass is 10.1. The van der Waals surface area contributed by atoms with E-state index in [1.54, 1.807) is 0 Å². The Morgan fingerprint density at radius 1 is 1.11 bits per heavy atom. The van der Waals surface area contributed by atoms with E-state index in [0.29, 0.717) is 6.10 Å². The number of unbranched alkanes of at least 4 members (excludes halogenated alkanes) is 1. The second-order valence-corrected chi connectivity index (χ2v) is 5.18. The van der Waals surface area contributed by atoms with E-state index in [0.717, 1.165) is 32.5 Å². The third-order valence-electron chi connectivity index (χ3n) is 3.61. The zero-order chi connectivity index (χ0) is 12.6. The average molecular weight is 247 g/mol. The number of aryl methyl sites for hydroxylation is 1. The quantitative estimate of drug-likeness (QED) is 0.833. The number of piperidine rings is 1. The highest BCUT2D eigenvalue weighted by molar-refractivity contribution is 5.22. The van der Waals surface area contributed by atoms with Crippen LogP contribution in [0.25, 0.3) is 0 Å². The summed E-state index contributed by atoms with van der Waals surface area (Å²) in [4.78, 5) is 0. The fourth-order valence-electron chi connectivity index (χ4n) is 2.36. The fourth-order valence-corrected chi connectivity index (χ4v) is 2.36. The fraction of sp³-hybridized carbons (Fsp3) is 0.625. The second kappa shape index (κ2) is 7.55. The van der Waals surface area contributed by atoms with Crippen molar-refractivity contribution in [3.63, 3.8) is 0 Å². The molecule has 1 saturated heterocycles. The van der Waals surface area contributed by atoms with Gasteiger partial charge < -0.3 is 10.1 Å². The third-order valence-corrected chi connectivity index (χ3v) is 3.61. The van der Waals surface area contributed by atoms with Gasteiger partial charge in [-0.05, 0) is 49.9 Å². The summed E-state index contributed by atoms with van der Waals surface area (Å²) in [5.74, 6) is 0. The van der Waals surface area contributed by atoms with Crippen LogP contribution >= 0.6 is 0 Å². The van der Waals surface area contributed by atoms with Gasteiger partial charge in [-0.25, -0.2) is 0 Å². The Bertz CT molecular complexity index is 327. The van der Waals surface area contributed by atoms with E-state index in [1.165, 1.54) is 30.4 Å². The van der Waals surface area contributed by atoms with Crippen LogP contribution in [0.2, 0.25) is 0 Å². The van der Waals surface area contributed by atoms with Crippen molar-refractivity contribution in [2.75, 3.05) is 13.1 Å². The minimum Gasteiger partial charge on any atom is -0.373 e. The Morgan fingerprint density at radius 2 is 1.78 bits per heavy atom. The maximum atomic E-state index is 5.95. The van der Waals surface area contributed by atoms with Crippen molar-refractivity contribution in [2.24, 2.45) is 0 Å². The molecule has 0 amide bonds. The topological polar surface area (TPSA) is 21.3 Å². The van der Waals surface area contributed by atoms with Crippen LogP contribution in [0.3, 0.4) is 0 Å². The van der Waals surface area contributed by atoms with Crippen molar-refractivity contribution < 1.29 is 4.74 Å². The SMILES string of the molecule is CCCCc1ccc(COC2CCNCC2)cc1. The lowest BCUT2D eigenvalue weighted by Crippen LogP contribution is -2.32. The molecule has 0 aliphatic carbocycles. The second-order valence-electron chi connectivity index (χ2n) is 5.18. The van der Waals surface area contributed by atoms with Crippen molar-refractivity contribution in [1.29, 1.82) is 0 Å². The summed E-state index contributed by atoms with van der Waals surface area (Å²) in [6.45, 7) is 5.20. The van der Waals surface area contributed by atoms with Gasteiger partial charge in [0.2, 0.25) is 0 Å². The van der Waals surface area contributed by atoms with Gasteiger partial charge in [0.05, 0.1) is 12.7 Å². The smallest absolute Gasteiger partial charge is 0.0720 e. The molecule has 1 aliphatic rings. The summed E-state index contributed by atoms with van der Waals surface area (Å²) in [7, 11) is 0. The molecule has 1 aliphatic heterocycles. The molecule has 0 atom stereocenters. The van der Waals surface area contributed by atoms with Gasteiger partial charge in [-0.3, -0.25) is 0 Å². The van der Waals surface area contributed by atoms with Crippen LogP contribution in [0, 0.1) is 0 Å². The Morgan fingerprint density at radius 3 is 2.44 bits per heavy atom. The summed E-state index contributed by atoms with van der Waals surface area (Å²) in [6.07, 6.45) is 6.49. The molecule has 1 heterocycles. The Hall–Kier alpha value is -0.860. The maximum Gasteiger partial charge on any atom is 0.0720 e. The Labute approximate surface area is 111 Å². The number of ether oxygens (including phenoxy) is 1. The molecular weight excluding hydrogens is 222 g/mol. The third kappa shape index (κ3) is 4.43. The van der Waals surface area contributed by atoms with Gasteiger partial charge >= 0.3 is 0 Å². The zero-order valence-electron chi connectivity index (χ0n) is 11.5. The highest BCUT2D eigenvalue weighted by Gasteiger charge is 2.12. The van der Waals surface area contributed by atoms with E-state index in [9.17, 15) is 0 Å². The lowest BCUT2D eigenvalue weighted by Gasteiger charge is -2.23.